The first-order valence-corrected chi connectivity index (χ1v) is 4.19. The fraction of sp³-hybridized carbons (Fsp3) is 0.111. The largest absolute Gasteiger partial charge is 0.386 e. The van der Waals surface area contributed by atoms with Gasteiger partial charge in [0.1, 0.15) is 11.9 Å². The van der Waals surface area contributed by atoms with Gasteiger partial charge in [-0.25, -0.2) is 4.99 Å². The zero-order valence-corrected chi connectivity index (χ0v) is 7.62. The number of benzene rings is 1. The molecule has 4 heteroatoms. The van der Waals surface area contributed by atoms with Crippen molar-refractivity contribution in [3.05, 3.63) is 29.8 Å². The number of hydrogen-bond donors (Lipinski definition) is 1. The third-order valence-electron chi connectivity index (χ3n) is 1.43. The van der Waals surface area contributed by atoms with E-state index in [1.54, 1.807) is 24.3 Å². The Morgan fingerprint density at radius 1 is 1.54 bits per heavy atom. The maximum atomic E-state index is 8.71. The number of nitrogens with zero attached hydrogens (tertiary/aromatic N) is 2. The highest BCUT2D eigenvalue weighted by molar-refractivity contribution is 6.28. The third kappa shape index (κ3) is 2.46. The number of nitrogens with two attached hydrogens (primary N) is 1. The van der Waals surface area contributed by atoms with Crippen molar-refractivity contribution >= 4 is 23.1 Å². The quantitative estimate of drug-likeness (QED) is 0.442. The summed E-state index contributed by atoms with van der Waals surface area (Å²) in [6, 6.07) is 8.99. The van der Waals surface area contributed by atoms with Crippen molar-refractivity contribution in [3.63, 3.8) is 0 Å². The Bertz CT molecular complexity index is 365. The summed E-state index contributed by atoms with van der Waals surface area (Å²) in [5.74, 6) is 0.476. The summed E-state index contributed by atoms with van der Waals surface area (Å²) in [7, 11) is 0. The molecule has 0 unspecified atom stereocenters. The van der Waals surface area contributed by atoms with Crippen LogP contribution in [0.15, 0.2) is 29.3 Å². The Morgan fingerprint density at radius 2 is 2.23 bits per heavy atom. The number of hydrogen-bond acceptors (Lipinski definition) is 2. The highest BCUT2D eigenvalue weighted by atomic mass is 35.5. The molecule has 2 N–H and O–H groups in total. The molecule has 3 nitrogen and oxygen atoms in total. The van der Waals surface area contributed by atoms with E-state index < -0.39 is 0 Å². The lowest BCUT2D eigenvalue weighted by Gasteiger charge is -1.97. The van der Waals surface area contributed by atoms with Gasteiger partial charge in [-0.05, 0) is 12.1 Å². The lowest BCUT2D eigenvalue weighted by Crippen LogP contribution is -2.12. The Balaban J connectivity index is 3.09. The van der Waals surface area contributed by atoms with Crippen molar-refractivity contribution in [3.8, 4) is 6.07 Å². The monoisotopic (exact) mass is 193 g/mol. The van der Waals surface area contributed by atoms with Crippen LogP contribution in [0.25, 0.3) is 0 Å². The number of halogens is 1. The van der Waals surface area contributed by atoms with Gasteiger partial charge in [-0.2, -0.15) is 5.26 Å². The minimum absolute atomic E-state index is 0.166. The molecule has 0 aliphatic heterocycles. The minimum atomic E-state index is 0.166. The highest BCUT2D eigenvalue weighted by Crippen LogP contribution is 2.16. The van der Waals surface area contributed by atoms with Gasteiger partial charge in [0.2, 0.25) is 0 Å². The van der Waals surface area contributed by atoms with E-state index in [4.69, 9.17) is 22.6 Å². The molecule has 0 aromatic heterocycles. The van der Waals surface area contributed by atoms with Crippen LogP contribution in [0.1, 0.15) is 5.56 Å². The summed E-state index contributed by atoms with van der Waals surface area (Å²) in [6.07, 6.45) is 0. The van der Waals surface area contributed by atoms with Crippen LogP contribution < -0.4 is 5.73 Å². The van der Waals surface area contributed by atoms with Crippen LogP contribution in [-0.2, 0) is 0 Å². The maximum Gasteiger partial charge on any atom is 0.115 e. The SMILES string of the molecule is N#Cc1ccccc1N=C(N)CCl. The molecule has 0 spiro atoms. The topological polar surface area (TPSA) is 62.2 Å². The second kappa shape index (κ2) is 4.48. The summed E-state index contributed by atoms with van der Waals surface area (Å²) >= 11 is 5.46. The fourth-order valence-corrected chi connectivity index (χ4v) is 0.910. The van der Waals surface area contributed by atoms with E-state index in [9.17, 15) is 0 Å². The molecule has 0 saturated carbocycles. The summed E-state index contributed by atoms with van der Waals surface area (Å²) in [5, 5.41) is 8.71. The van der Waals surface area contributed by atoms with Crippen LogP contribution >= 0.6 is 11.6 Å². The molecule has 0 heterocycles. The van der Waals surface area contributed by atoms with E-state index in [0.717, 1.165) is 0 Å². The normalized spacial score (nSPS) is 10.9. The van der Waals surface area contributed by atoms with Crippen molar-refractivity contribution in [2.24, 2.45) is 10.7 Å². The molecule has 13 heavy (non-hydrogen) atoms. The lowest BCUT2D eigenvalue weighted by atomic mass is 10.2. The molecular formula is C9H8ClN3. The van der Waals surface area contributed by atoms with Crippen LogP contribution in [0, 0.1) is 11.3 Å². The van der Waals surface area contributed by atoms with Crippen LogP contribution in [0.2, 0.25) is 0 Å². The van der Waals surface area contributed by atoms with E-state index in [2.05, 4.69) is 4.99 Å². The molecule has 0 atom stereocenters. The molecule has 1 aromatic rings. The number of nitriles is 1. The van der Waals surface area contributed by atoms with Gasteiger partial charge in [0.25, 0.3) is 0 Å². The number of para-hydroxylation sites is 1. The molecule has 0 aliphatic rings. The van der Waals surface area contributed by atoms with Gasteiger partial charge in [-0.15, -0.1) is 11.6 Å². The summed E-state index contributed by atoms with van der Waals surface area (Å²) in [5.41, 5.74) is 6.49. The van der Waals surface area contributed by atoms with Gasteiger partial charge in [0, 0.05) is 0 Å². The first kappa shape index (κ1) is 9.56. The molecular weight excluding hydrogens is 186 g/mol. The van der Waals surface area contributed by atoms with E-state index in [1.165, 1.54) is 0 Å². The molecule has 0 bridgehead atoms. The number of alkyl halides is 1. The Labute approximate surface area is 81.5 Å². The molecule has 66 valence electrons. The predicted molar refractivity (Wildman–Crippen MR) is 53.2 cm³/mol. The van der Waals surface area contributed by atoms with E-state index in [0.29, 0.717) is 17.1 Å². The van der Waals surface area contributed by atoms with Crippen LogP contribution in [0.3, 0.4) is 0 Å². The minimum Gasteiger partial charge on any atom is -0.386 e. The second-order valence-electron chi connectivity index (χ2n) is 2.37. The van der Waals surface area contributed by atoms with Crippen molar-refractivity contribution in [1.82, 2.24) is 0 Å². The predicted octanol–water partition coefficient (Wildman–Crippen LogP) is 1.79. The average Bonchev–Trinajstić information content (AvgIpc) is 2.18. The van der Waals surface area contributed by atoms with Crippen molar-refractivity contribution < 1.29 is 0 Å². The van der Waals surface area contributed by atoms with Crippen molar-refractivity contribution in [1.29, 1.82) is 5.26 Å². The zero-order chi connectivity index (χ0) is 9.68. The molecule has 0 amide bonds. The molecule has 1 rings (SSSR count). The van der Waals surface area contributed by atoms with Gasteiger partial charge >= 0.3 is 0 Å². The van der Waals surface area contributed by atoms with Crippen LogP contribution in [0.5, 0.6) is 0 Å². The molecule has 0 radical (unpaired) electrons. The lowest BCUT2D eigenvalue weighted by molar-refractivity contribution is 1.41. The number of rotatable bonds is 2. The van der Waals surface area contributed by atoms with Crippen LogP contribution in [-0.4, -0.2) is 11.7 Å². The van der Waals surface area contributed by atoms with E-state index >= 15 is 0 Å². The first-order valence-electron chi connectivity index (χ1n) is 3.66. The van der Waals surface area contributed by atoms with Gasteiger partial charge < -0.3 is 5.73 Å². The molecule has 0 saturated heterocycles. The standard InChI is InChI=1S/C9H8ClN3/c10-5-9(12)13-8-4-2-1-3-7(8)6-11/h1-4H,5H2,(H2,12,13). The smallest absolute Gasteiger partial charge is 0.115 e. The van der Waals surface area contributed by atoms with Gasteiger partial charge in [-0.1, -0.05) is 12.1 Å². The van der Waals surface area contributed by atoms with Crippen LogP contribution in [0.4, 0.5) is 5.69 Å². The third-order valence-corrected chi connectivity index (χ3v) is 1.70. The maximum absolute atomic E-state index is 8.71. The van der Waals surface area contributed by atoms with Gasteiger partial charge in [0.05, 0.1) is 17.1 Å². The summed E-state index contributed by atoms with van der Waals surface area (Å²) in [4.78, 5) is 3.99. The number of amidine groups is 1. The molecule has 0 aliphatic carbocycles. The Hall–Kier alpha value is -1.53. The van der Waals surface area contributed by atoms with Gasteiger partial charge in [0.15, 0.2) is 0 Å². The Morgan fingerprint density at radius 3 is 2.85 bits per heavy atom. The Kier molecular flexibility index (Phi) is 3.30. The highest BCUT2D eigenvalue weighted by Gasteiger charge is 1.98. The fourth-order valence-electron chi connectivity index (χ4n) is 0.850. The zero-order valence-electron chi connectivity index (χ0n) is 6.87. The van der Waals surface area contributed by atoms with E-state index in [1.807, 2.05) is 6.07 Å². The van der Waals surface area contributed by atoms with Crippen molar-refractivity contribution in [2.45, 2.75) is 0 Å². The second-order valence-corrected chi connectivity index (χ2v) is 2.63. The van der Waals surface area contributed by atoms with E-state index in [-0.39, 0.29) is 5.88 Å². The molecule has 0 fully saturated rings. The van der Waals surface area contributed by atoms with Gasteiger partial charge in [-0.3, -0.25) is 0 Å². The van der Waals surface area contributed by atoms with Crippen molar-refractivity contribution in [2.75, 3.05) is 5.88 Å². The molecule has 1 aromatic carbocycles. The number of aliphatic imine (C=N–C) groups is 1. The summed E-state index contributed by atoms with van der Waals surface area (Å²) < 4.78 is 0. The summed E-state index contributed by atoms with van der Waals surface area (Å²) in [6.45, 7) is 0. The first-order chi connectivity index (χ1) is 6.27. The average molecular weight is 194 g/mol.